The molecule has 1 aliphatic rings. The van der Waals surface area contributed by atoms with Gasteiger partial charge in [0.05, 0.1) is 4.90 Å². The van der Waals surface area contributed by atoms with Crippen LogP contribution in [0.5, 0.6) is 0 Å². The van der Waals surface area contributed by atoms with Crippen LogP contribution in [-0.2, 0) is 34.2 Å². The number of carbonyl (C=O) groups is 1. The number of benzene rings is 2. The maximum Gasteiger partial charge on any atom is 0.243 e. The van der Waals surface area contributed by atoms with Gasteiger partial charge in [-0.3, -0.25) is 4.79 Å². The van der Waals surface area contributed by atoms with Gasteiger partial charge in [0, 0.05) is 33.1 Å². The molecular formula is C24H32N2O3S. The maximum absolute atomic E-state index is 12.7. The van der Waals surface area contributed by atoms with Gasteiger partial charge in [0.15, 0.2) is 0 Å². The zero-order valence-corrected chi connectivity index (χ0v) is 18.8. The van der Waals surface area contributed by atoms with Crippen LogP contribution in [0.2, 0.25) is 0 Å². The smallest absolute Gasteiger partial charge is 0.243 e. The first-order valence-corrected chi connectivity index (χ1v) is 12.2. The number of hydrogen-bond donors (Lipinski definition) is 0. The quantitative estimate of drug-likeness (QED) is 0.638. The fraction of sp³-hybridized carbons (Fsp3) is 0.458. The number of hydrogen-bond acceptors (Lipinski definition) is 3. The fourth-order valence-electron chi connectivity index (χ4n) is 3.77. The van der Waals surface area contributed by atoms with E-state index in [9.17, 15) is 13.2 Å². The first-order chi connectivity index (χ1) is 14.4. The van der Waals surface area contributed by atoms with E-state index in [1.807, 2.05) is 19.2 Å². The van der Waals surface area contributed by atoms with Gasteiger partial charge in [0.1, 0.15) is 0 Å². The molecule has 0 aromatic heterocycles. The average molecular weight is 429 g/mol. The average Bonchev–Trinajstić information content (AvgIpc) is 2.78. The molecule has 0 saturated carbocycles. The van der Waals surface area contributed by atoms with E-state index >= 15 is 0 Å². The highest BCUT2D eigenvalue weighted by Crippen LogP contribution is 2.21. The van der Waals surface area contributed by atoms with Crippen LogP contribution in [0, 0.1) is 0 Å². The van der Waals surface area contributed by atoms with Gasteiger partial charge < -0.3 is 4.90 Å². The highest BCUT2D eigenvalue weighted by atomic mass is 32.2. The van der Waals surface area contributed by atoms with Gasteiger partial charge in [-0.1, -0.05) is 49.7 Å². The molecule has 1 saturated heterocycles. The zero-order chi connectivity index (χ0) is 21.6. The van der Waals surface area contributed by atoms with E-state index in [1.165, 1.54) is 5.56 Å². The zero-order valence-electron chi connectivity index (χ0n) is 18.0. The topological polar surface area (TPSA) is 57.7 Å². The van der Waals surface area contributed by atoms with Gasteiger partial charge in [0.2, 0.25) is 15.9 Å². The Morgan fingerprint density at radius 1 is 0.900 bits per heavy atom. The molecule has 1 amide bonds. The molecule has 0 spiro atoms. The van der Waals surface area contributed by atoms with Crippen molar-refractivity contribution in [3.8, 4) is 0 Å². The SMILES string of the molecule is CCc1ccc(CN(C)C(=O)CCc2ccc(S(=O)(=O)N3CCCCC3)cc2)cc1. The molecule has 162 valence electrons. The summed E-state index contributed by atoms with van der Waals surface area (Å²) >= 11 is 0. The van der Waals surface area contributed by atoms with E-state index in [4.69, 9.17) is 0 Å². The van der Waals surface area contributed by atoms with E-state index in [0.29, 0.717) is 37.4 Å². The summed E-state index contributed by atoms with van der Waals surface area (Å²) in [7, 11) is -1.58. The normalized spacial score (nSPS) is 15.1. The Labute approximate surface area is 180 Å². The molecular weight excluding hydrogens is 396 g/mol. The summed E-state index contributed by atoms with van der Waals surface area (Å²) < 4.78 is 27.0. The molecule has 1 fully saturated rings. The van der Waals surface area contributed by atoms with Gasteiger partial charge in [-0.25, -0.2) is 8.42 Å². The van der Waals surface area contributed by atoms with Crippen LogP contribution in [0.3, 0.4) is 0 Å². The van der Waals surface area contributed by atoms with Gasteiger partial charge in [-0.05, 0) is 54.5 Å². The lowest BCUT2D eigenvalue weighted by atomic mass is 10.1. The van der Waals surface area contributed by atoms with E-state index in [-0.39, 0.29) is 5.91 Å². The lowest BCUT2D eigenvalue weighted by Gasteiger charge is -2.25. The standard InChI is InChI=1S/C24H32N2O3S/c1-3-20-7-9-22(10-8-20)19-25(2)24(27)16-13-21-11-14-23(15-12-21)30(28,29)26-17-5-4-6-18-26/h7-12,14-15H,3-6,13,16-19H2,1-2H3. The van der Waals surface area contributed by atoms with E-state index in [0.717, 1.165) is 36.8 Å². The third-order valence-corrected chi connectivity index (χ3v) is 7.69. The minimum Gasteiger partial charge on any atom is -0.341 e. The Kier molecular flexibility index (Phi) is 7.67. The molecule has 5 nitrogen and oxygen atoms in total. The van der Waals surface area contributed by atoms with Crippen molar-refractivity contribution in [2.45, 2.75) is 56.9 Å². The summed E-state index contributed by atoms with van der Waals surface area (Å²) in [5, 5.41) is 0. The first kappa shape index (κ1) is 22.5. The molecule has 0 N–H and O–H groups in total. The lowest BCUT2D eigenvalue weighted by Crippen LogP contribution is -2.35. The Bertz CT molecular complexity index is 931. The number of nitrogens with zero attached hydrogens (tertiary/aromatic N) is 2. The van der Waals surface area contributed by atoms with Crippen molar-refractivity contribution < 1.29 is 13.2 Å². The van der Waals surface area contributed by atoms with Crippen molar-refractivity contribution in [3.63, 3.8) is 0 Å². The van der Waals surface area contributed by atoms with Crippen LogP contribution in [0.4, 0.5) is 0 Å². The molecule has 0 atom stereocenters. The molecule has 2 aromatic carbocycles. The number of rotatable bonds is 8. The molecule has 3 rings (SSSR count). The number of aryl methyl sites for hydroxylation is 2. The molecule has 0 aliphatic carbocycles. The Morgan fingerprint density at radius 2 is 1.47 bits per heavy atom. The highest BCUT2D eigenvalue weighted by Gasteiger charge is 2.25. The molecule has 0 bridgehead atoms. The summed E-state index contributed by atoms with van der Waals surface area (Å²) in [4.78, 5) is 14.6. The van der Waals surface area contributed by atoms with Gasteiger partial charge in [0.25, 0.3) is 0 Å². The molecule has 6 heteroatoms. The van der Waals surface area contributed by atoms with Crippen molar-refractivity contribution in [1.29, 1.82) is 0 Å². The third-order valence-electron chi connectivity index (χ3n) is 5.78. The largest absolute Gasteiger partial charge is 0.341 e. The maximum atomic E-state index is 12.7. The van der Waals surface area contributed by atoms with Crippen LogP contribution in [0.25, 0.3) is 0 Å². The minimum atomic E-state index is -3.41. The predicted molar refractivity (Wildman–Crippen MR) is 120 cm³/mol. The van der Waals surface area contributed by atoms with E-state index < -0.39 is 10.0 Å². The van der Waals surface area contributed by atoms with Gasteiger partial charge in [-0.15, -0.1) is 0 Å². The van der Waals surface area contributed by atoms with Crippen molar-refractivity contribution in [3.05, 3.63) is 65.2 Å². The van der Waals surface area contributed by atoms with Crippen LogP contribution < -0.4 is 0 Å². The molecule has 1 aliphatic heterocycles. The summed E-state index contributed by atoms with van der Waals surface area (Å²) in [6, 6.07) is 15.3. The minimum absolute atomic E-state index is 0.0829. The van der Waals surface area contributed by atoms with E-state index in [1.54, 1.807) is 21.3 Å². The number of piperidine rings is 1. The van der Waals surface area contributed by atoms with Crippen molar-refractivity contribution in [1.82, 2.24) is 9.21 Å². The van der Waals surface area contributed by atoms with Crippen LogP contribution in [-0.4, -0.2) is 43.7 Å². The van der Waals surface area contributed by atoms with Gasteiger partial charge in [-0.2, -0.15) is 4.31 Å². The van der Waals surface area contributed by atoms with Crippen LogP contribution in [0.15, 0.2) is 53.4 Å². The molecule has 2 aromatic rings. The Morgan fingerprint density at radius 3 is 2.07 bits per heavy atom. The molecule has 0 unspecified atom stereocenters. The van der Waals surface area contributed by atoms with Crippen molar-refractivity contribution in [2.75, 3.05) is 20.1 Å². The summed E-state index contributed by atoms with van der Waals surface area (Å²) in [5.41, 5.74) is 3.38. The monoisotopic (exact) mass is 428 g/mol. The summed E-state index contributed by atoms with van der Waals surface area (Å²) in [6.07, 6.45) is 4.96. The summed E-state index contributed by atoms with van der Waals surface area (Å²) in [6.45, 7) is 3.92. The second-order valence-electron chi connectivity index (χ2n) is 8.03. The third kappa shape index (κ3) is 5.70. The van der Waals surface area contributed by atoms with Crippen LogP contribution in [0.1, 0.15) is 49.3 Å². The van der Waals surface area contributed by atoms with Crippen LogP contribution >= 0.6 is 0 Å². The summed E-state index contributed by atoms with van der Waals surface area (Å²) in [5.74, 6) is 0.0829. The van der Waals surface area contributed by atoms with Crippen molar-refractivity contribution in [2.24, 2.45) is 0 Å². The van der Waals surface area contributed by atoms with E-state index in [2.05, 4.69) is 31.2 Å². The first-order valence-electron chi connectivity index (χ1n) is 10.8. The predicted octanol–water partition coefficient (Wildman–Crippen LogP) is 4.01. The second-order valence-corrected chi connectivity index (χ2v) is 9.97. The highest BCUT2D eigenvalue weighted by molar-refractivity contribution is 7.89. The van der Waals surface area contributed by atoms with Crippen molar-refractivity contribution >= 4 is 15.9 Å². The van der Waals surface area contributed by atoms with Gasteiger partial charge >= 0.3 is 0 Å². The number of carbonyl (C=O) groups excluding carboxylic acids is 1. The Balaban J connectivity index is 1.53. The molecule has 1 heterocycles. The number of sulfonamides is 1. The lowest BCUT2D eigenvalue weighted by molar-refractivity contribution is -0.130. The fourth-order valence-corrected chi connectivity index (χ4v) is 5.28. The Hall–Kier alpha value is -2.18. The molecule has 30 heavy (non-hydrogen) atoms. The molecule has 0 radical (unpaired) electrons. The number of amides is 1. The second kappa shape index (κ2) is 10.2.